The minimum absolute atomic E-state index is 0.646. The topological polar surface area (TPSA) is 18.5 Å². The second-order valence-corrected chi connectivity index (χ2v) is 4.83. The molecule has 1 unspecified atom stereocenters. The van der Waals surface area contributed by atoms with Crippen molar-refractivity contribution in [3.8, 4) is 0 Å². The third-order valence-corrected chi connectivity index (χ3v) is 3.11. The number of rotatable bonds is 0. The molecule has 2 heteroatoms. The zero-order valence-corrected chi connectivity index (χ0v) is 10.2. The van der Waals surface area contributed by atoms with E-state index in [0.29, 0.717) is 5.92 Å². The van der Waals surface area contributed by atoms with Crippen LogP contribution in [0.4, 0.5) is 0 Å². The van der Waals surface area contributed by atoms with E-state index in [1.807, 2.05) is 0 Å². The Morgan fingerprint density at radius 2 is 1.33 bits per heavy atom. The Morgan fingerprint density at radius 3 is 2.07 bits per heavy atom. The van der Waals surface area contributed by atoms with Gasteiger partial charge in [-0.15, -0.1) is 0 Å². The Morgan fingerprint density at radius 1 is 0.733 bits per heavy atom. The highest BCUT2D eigenvalue weighted by molar-refractivity contribution is 4.53. The smallest absolute Gasteiger partial charge is 0.0847 e. The van der Waals surface area contributed by atoms with Crippen LogP contribution < -0.4 is 0 Å². The summed E-state index contributed by atoms with van der Waals surface area (Å²) >= 11 is 0. The molecule has 1 rings (SSSR count). The Bertz CT molecular complexity index is 122. The van der Waals surface area contributed by atoms with Crippen molar-refractivity contribution in [2.45, 2.75) is 64.7 Å². The van der Waals surface area contributed by atoms with Crippen molar-refractivity contribution in [1.29, 1.82) is 0 Å². The van der Waals surface area contributed by atoms with Crippen LogP contribution in [0.25, 0.3) is 0 Å². The van der Waals surface area contributed by atoms with Crippen LogP contribution in [0.1, 0.15) is 64.7 Å². The zero-order valence-electron chi connectivity index (χ0n) is 10.2. The summed E-state index contributed by atoms with van der Waals surface area (Å²) < 4.78 is 0. The van der Waals surface area contributed by atoms with E-state index in [1.54, 1.807) is 0 Å². The van der Waals surface area contributed by atoms with Crippen molar-refractivity contribution >= 4 is 0 Å². The normalized spacial score (nSPS) is 28.2. The molecule has 1 aliphatic heterocycles. The largest absolute Gasteiger partial charge is 0.237 e. The second-order valence-electron chi connectivity index (χ2n) is 4.83. The minimum Gasteiger partial charge on any atom is -0.237 e. The lowest BCUT2D eigenvalue weighted by atomic mass is 10.0. The molecule has 0 aromatic carbocycles. The van der Waals surface area contributed by atoms with Gasteiger partial charge in [0.25, 0.3) is 0 Å². The predicted octanol–water partition coefficient (Wildman–Crippen LogP) is 4.10. The Hall–Kier alpha value is -0.0800. The molecule has 90 valence electrons. The van der Waals surface area contributed by atoms with Crippen LogP contribution in [-0.2, 0) is 9.78 Å². The van der Waals surface area contributed by atoms with E-state index >= 15 is 0 Å². The average Bonchev–Trinajstić information content (AvgIpc) is 2.24. The lowest BCUT2D eigenvalue weighted by Crippen LogP contribution is -2.07. The van der Waals surface area contributed by atoms with E-state index in [2.05, 4.69) is 6.92 Å². The highest BCUT2D eigenvalue weighted by Gasteiger charge is 2.03. The first-order chi connectivity index (χ1) is 7.39. The van der Waals surface area contributed by atoms with Gasteiger partial charge in [0.2, 0.25) is 0 Å². The fraction of sp³-hybridized carbons (Fsp3) is 1.00. The molecule has 2 nitrogen and oxygen atoms in total. The molecule has 15 heavy (non-hydrogen) atoms. The lowest BCUT2D eigenvalue weighted by Gasteiger charge is -2.12. The Balaban J connectivity index is 2.10. The highest BCUT2D eigenvalue weighted by Crippen LogP contribution is 2.14. The average molecular weight is 214 g/mol. The molecule has 0 radical (unpaired) electrons. The van der Waals surface area contributed by atoms with E-state index in [1.165, 1.54) is 51.4 Å². The van der Waals surface area contributed by atoms with Crippen LogP contribution >= 0.6 is 0 Å². The first-order valence-corrected chi connectivity index (χ1v) is 6.64. The number of hydrogen-bond donors (Lipinski definition) is 0. The lowest BCUT2D eigenvalue weighted by molar-refractivity contribution is -0.301. The van der Waals surface area contributed by atoms with Crippen LogP contribution in [0.15, 0.2) is 0 Å². The van der Waals surface area contributed by atoms with Crippen LogP contribution in [-0.4, -0.2) is 13.2 Å². The van der Waals surface area contributed by atoms with Gasteiger partial charge in [0.15, 0.2) is 0 Å². The maximum absolute atomic E-state index is 5.19. The van der Waals surface area contributed by atoms with Crippen LogP contribution in [0.3, 0.4) is 0 Å². The van der Waals surface area contributed by atoms with E-state index in [4.69, 9.17) is 9.78 Å². The summed E-state index contributed by atoms with van der Waals surface area (Å²) in [7, 11) is 0. The third kappa shape index (κ3) is 7.80. The molecule has 0 saturated carbocycles. The molecule has 0 amide bonds. The molecule has 0 aromatic rings. The number of hydrogen-bond acceptors (Lipinski definition) is 2. The van der Waals surface area contributed by atoms with Gasteiger partial charge in [0, 0.05) is 0 Å². The highest BCUT2D eigenvalue weighted by atomic mass is 17.2. The molecule has 0 aliphatic carbocycles. The molecule has 1 atom stereocenters. The minimum atomic E-state index is 0.646. The van der Waals surface area contributed by atoms with Crippen LogP contribution in [0.2, 0.25) is 0 Å². The molecule has 1 fully saturated rings. The van der Waals surface area contributed by atoms with Gasteiger partial charge in [0.05, 0.1) is 13.2 Å². The molecule has 1 heterocycles. The Kier molecular flexibility index (Phi) is 7.94. The molecule has 0 aromatic heterocycles. The SMILES string of the molecule is CC1CCCCCCCCCCOOC1. The van der Waals surface area contributed by atoms with Crippen molar-refractivity contribution in [1.82, 2.24) is 0 Å². The van der Waals surface area contributed by atoms with Crippen LogP contribution in [0.5, 0.6) is 0 Å². The summed E-state index contributed by atoms with van der Waals surface area (Å²) in [5.41, 5.74) is 0. The second kappa shape index (κ2) is 9.17. The molecule has 1 aliphatic rings. The molecule has 0 N–H and O–H groups in total. The molecular weight excluding hydrogens is 188 g/mol. The van der Waals surface area contributed by atoms with E-state index in [-0.39, 0.29) is 0 Å². The third-order valence-electron chi connectivity index (χ3n) is 3.11. The zero-order chi connectivity index (χ0) is 10.8. The maximum Gasteiger partial charge on any atom is 0.0847 e. The summed E-state index contributed by atoms with van der Waals surface area (Å²) in [6, 6.07) is 0. The summed E-state index contributed by atoms with van der Waals surface area (Å²) in [5, 5.41) is 0. The van der Waals surface area contributed by atoms with Crippen molar-refractivity contribution in [3.63, 3.8) is 0 Å². The fourth-order valence-corrected chi connectivity index (χ4v) is 2.02. The summed E-state index contributed by atoms with van der Waals surface area (Å²) in [6.07, 6.45) is 12.1. The first kappa shape index (κ1) is 13.0. The van der Waals surface area contributed by atoms with Crippen molar-refractivity contribution in [3.05, 3.63) is 0 Å². The van der Waals surface area contributed by atoms with E-state index in [0.717, 1.165) is 19.6 Å². The van der Waals surface area contributed by atoms with E-state index in [9.17, 15) is 0 Å². The maximum atomic E-state index is 5.19. The Labute approximate surface area is 94.3 Å². The standard InChI is InChI=1S/C13H26O2/c1-13-10-8-6-4-2-3-5-7-9-11-14-15-12-13/h13H,2-12H2,1H3. The van der Waals surface area contributed by atoms with Crippen LogP contribution in [0, 0.1) is 5.92 Å². The monoisotopic (exact) mass is 214 g/mol. The quantitative estimate of drug-likeness (QED) is 0.565. The summed E-state index contributed by atoms with van der Waals surface area (Å²) in [6.45, 7) is 3.78. The first-order valence-electron chi connectivity index (χ1n) is 6.64. The van der Waals surface area contributed by atoms with Gasteiger partial charge >= 0.3 is 0 Å². The molecule has 0 bridgehead atoms. The van der Waals surface area contributed by atoms with Crippen molar-refractivity contribution in [2.24, 2.45) is 5.92 Å². The van der Waals surface area contributed by atoms with Crippen molar-refractivity contribution < 1.29 is 9.78 Å². The fourth-order valence-electron chi connectivity index (χ4n) is 2.02. The van der Waals surface area contributed by atoms with Gasteiger partial charge in [-0.25, -0.2) is 9.78 Å². The molecule has 0 spiro atoms. The molecule has 1 saturated heterocycles. The van der Waals surface area contributed by atoms with Crippen molar-refractivity contribution in [2.75, 3.05) is 13.2 Å². The van der Waals surface area contributed by atoms with Gasteiger partial charge in [-0.1, -0.05) is 51.9 Å². The predicted molar refractivity (Wildman–Crippen MR) is 62.6 cm³/mol. The summed E-state index contributed by atoms with van der Waals surface area (Å²) in [5.74, 6) is 0.646. The van der Waals surface area contributed by atoms with Gasteiger partial charge in [-0.3, -0.25) is 0 Å². The van der Waals surface area contributed by atoms with E-state index < -0.39 is 0 Å². The van der Waals surface area contributed by atoms with Gasteiger partial charge in [0.1, 0.15) is 0 Å². The van der Waals surface area contributed by atoms with Gasteiger partial charge in [-0.2, -0.15) is 0 Å². The van der Waals surface area contributed by atoms with Gasteiger partial charge < -0.3 is 0 Å². The summed E-state index contributed by atoms with van der Waals surface area (Å²) in [4.78, 5) is 10.3. The molecular formula is C13H26O2. The van der Waals surface area contributed by atoms with Gasteiger partial charge in [-0.05, 0) is 18.8 Å².